The van der Waals surface area contributed by atoms with Gasteiger partial charge >= 0.3 is 0 Å². The van der Waals surface area contributed by atoms with E-state index in [1.165, 1.54) is 10.4 Å². The van der Waals surface area contributed by atoms with Crippen LogP contribution in [0.4, 0.5) is 5.69 Å². The second kappa shape index (κ2) is 7.84. The summed E-state index contributed by atoms with van der Waals surface area (Å²) >= 11 is 1.70. The minimum Gasteiger partial charge on any atom is -0.380 e. The summed E-state index contributed by atoms with van der Waals surface area (Å²) in [7, 11) is 0. The molecule has 1 saturated heterocycles. The van der Waals surface area contributed by atoms with E-state index < -0.39 is 0 Å². The summed E-state index contributed by atoms with van der Waals surface area (Å²) in [6, 6.07) is 12.7. The largest absolute Gasteiger partial charge is 0.380 e. The number of hydrogen-bond donors (Lipinski definition) is 1. The van der Waals surface area contributed by atoms with Gasteiger partial charge in [0, 0.05) is 29.7 Å². The molecule has 2 heterocycles. The number of para-hydroxylation sites is 1. The van der Waals surface area contributed by atoms with Crippen LogP contribution in [0.5, 0.6) is 0 Å². The van der Waals surface area contributed by atoms with E-state index in [-0.39, 0.29) is 5.91 Å². The summed E-state index contributed by atoms with van der Waals surface area (Å²) in [5.41, 5.74) is 2.48. The number of carbonyl (C=O) groups is 1. The van der Waals surface area contributed by atoms with Gasteiger partial charge in [-0.2, -0.15) is 0 Å². The Balaban J connectivity index is 1.64. The summed E-state index contributed by atoms with van der Waals surface area (Å²) in [6.07, 6.45) is 4.24. The topological polar surface area (TPSA) is 32.3 Å². The van der Waals surface area contributed by atoms with Crippen LogP contribution in [0.2, 0.25) is 0 Å². The number of likely N-dealkylation sites (tertiary alicyclic amines) is 1. The van der Waals surface area contributed by atoms with Gasteiger partial charge in [-0.1, -0.05) is 38.5 Å². The van der Waals surface area contributed by atoms with Crippen LogP contribution < -0.4 is 5.32 Å². The molecular weight excluding hydrogens is 316 g/mol. The van der Waals surface area contributed by atoms with Crippen molar-refractivity contribution in [2.24, 2.45) is 0 Å². The SMILES string of the molecule is CCCc1sc(C(=O)N2CCC(Nc3ccccc3)C2)cc1CC. The molecule has 0 radical (unpaired) electrons. The predicted octanol–water partition coefficient (Wildman–Crippen LogP) is 4.59. The van der Waals surface area contributed by atoms with Gasteiger partial charge in [-0.05, 0) is 43.0 Å². The molecule has 0 bridgehead atoms. The number of nitrogens with zero attached hydrogens (tertiary/aromatic N) is 1. The number of benzene rings is 1. The van der Waals surface area contributed by atoms with Crippen LogP contribution in [0.25, 0.3) is 0 Å². The van der Waals surface area contributed by atoms with Crippen LogP contribution in [0.15, 0.2) is 36.4 Å². The number of thiophene rings is 1. The molecule has 24 heavy (non-hydrogen) atoms. The highest BCUT2D eigenvalue weighted by atomic mass is 32.1. The van der Waals surface area contributed by atoms with Crippen molar-refractivity contribution in [1.29, 1.82) is 0 Å². The molecule has 1 aliphatic rings. The van der Waals surface area contributed by atoms with Gasteiger partial charge in [-0.25, -0.2) is 0 Å². The lowest BCUT2D eigenvalue weighted by Crippen LogP contribution is -2.31. The van der Waals surface area contributed by atoms with Crippen LogP contribution in [0.1, 0.15) is 46.8 Å². The molecule has 0 aliphatic carbocycles. The van der Waals surface area contributed by atoms with E-state index in [1.807, 2.05) is 23.1 Å². The van der Waals surface area contributed by atoms with Gasteiger partial charge in [0.05, 0.1) is 4.88 Å². The normalized spacial score (nSPS) is 17.2. The fourth-order valence-electron chi connectivity index (χ4n) is 3.30. The van der Waals surface area contributed by atoms with Crippen molar-refractivity contribution >= 4 is 22.9 Å². The van der Waals surface area contributed by atoms with Crippen molar-refractivity contribution in [2.75, 3.05) is 18.4 Å². The molecule has 1 N–H and O–H groups in total. The smallest absolute Gasteiger partial charge is 0.264 e. The first kappa shape index (κ1) is 17.0. The Hall–Kier alpha value is -1.81. The molecule has 1 atom stereocenters. The number of nitrogens with one attached hydrogen (secondary N) is 1. The van der Waals surface area contributed by atoms with Gasteiger partial charge in [0.1, 0.15) is 0 Å². The van der Waals surface area contributed by atoms with E-state index in [1.54, 1.807) is 11.3 Å². The molecular formula is C20H26N2OS. The zero-order chi connectivity index (χ0) is 16.9. The molecule has 0 spiro atoms. The predicted molar refractivity (Wildman–Crippen MR) is 102 cm³/mol. The number of carbonyl (C=O) groups excluding carboxylic acids is 1. The van der Waals surface area contributed by atoms with Gasteiger partial charge in [-0.3, -0.25) is 4.79 Å². The van der Waals surface area contributed by atoms with Crippen molar-refractivity contribution < 1.29 is 4.79 Å². The standard InChI is InChI=1S/C20H26N2OS/c1-3-8-18-15(4-2)13-19(24-18)20(23)22-12-11-17(14-22)21-16-9-6-5-7-10-16/h5-7,9-10,13,17,21H,3-4,8,11-12,14H2,1-2H3. The van der Waals surface area contributed by atoms with E-state index in [2.05, 4.69) is 37.4 Å². The van der Waals surface area contributed by atoms with E-state index in [4.69, 9.17) is 0 Å². The van der Waals surface area contributed by atoms with Gasteiger partial charge in [0.2, 0.25) is 0 Å². The molecule has 1 aromatic heterocycles. The van der Waals surface area contributed by atoms with E-state index in [0.29, 0.717) is 6.04 Å². The highest BCUT2D eigenvalue weighted by molar-refractivity contribution is 7.14. The molecule has 1 unspecified atom stereocenters. The summed E-state index contributed by atoms with van der Waals surface area (Å²) < 4.78 is 0. The highest BCUT2D eigenvalue weighted by Crippen LogP contribution is 2.27. The number of hydrogen-bond acceptors (Lipinski definition) is 3. The lowest BCUT2D eigenvalue weighted by atomic mass is 10.1. The first-order chi connectivity index (χ1) is 11.7. The van der Waals surface area contributed by atoms with Crippen LogP contribution in [0.3, 0.4) is 0 Å². The van der Waals surface area contributed by atoms with Crippen LogP contribution in [-0.2, 0) is 12.8 Å². The Morgan fingerprint density at radius 3 is 2.79 bits per heavy atom. The number of amides is 1. The minimum atomic E-state index is 0.203. The monoisotopic (exact) mass is 342 g/mol. The fraction of sp³-hybridized carbons (Fsp3) is 0.450. The molecule has 1 fully saturated rings. The van der Waals surface area contributed by atoms with Crippen molar-refractivity contribution in [3.63, 3.8) is 0 Å². The van der Waals surface area contributed by atoms with Crippen LogP contribution >= 0.6 is 11.3 Å². The highest BCUT2D eigenvalue weighted by Gasteiger charge is 2.28. The Morgan fingerprint density at radius 2 is 2.08 bits per heavy atom. The number of anilines is 1. The second-order valence-corrected chi connectivity index (χ2v) is 7.55. The van der Waals surface area contributed by atoms with Gasteiger partial charge in [0.25, 0.3) is 5.91 Å². The van der Waals surface area contributed by atoms with Crippen molar-refractivity contribution in [2.45, 2.75) is 45.6 Å². The third-order valence-electron chi connectivity index (χ3n) is 4.59. The average molecular weight is 343 g/mol. The van der Waals surface area contributed by atoms with Gasteiger partial charge in [-0.15, -0.1) is 11.3 Å². The van der Waals surface area contributed by atoms with Gasteiger partial charge < -0.3 is 10.2 Å². The Bertz CT molecular complexity index is 680. The first-order valence-corrected chi connectivity index (χ1v) is 9.75. The quantitative estimate of drug-likeness (QED) is 0.833. The molecule has 4 heteroatoms. The molecule has 2 aromatic rings. The van der Waals surface area contributed by atoms with Crippen LogP contribution in [-0.4, -0.2) is 29.9 Å². The lowest BCUT2D eigenvalue weighted by molar-refractivity contribution is 0.0796. The lowest BCUT2D eigenvalue weighted by Gasteiger charge is -2.17. The Labute approximate surface area is 148 Å². The van der Waals surface area contributed by atoms with E-state index >= 15 is 0 Å². The second-order valence-electron chi connectivity index (χ2n) is 6.41. The Morgan fingerprint density at radius 1 is 1.29 bits per heavy atom. The van der Waals surface area contributed by atoms with E-state index in [9.17, 15) is 4.79 Å². The Kier molecular flexibility index (Phi) is 5.56. The molecule has 3 nitrogen and oxygen atoms in total. The summed E-state index contributed by atoms with van der Waals surface area (Å²) in [5.74, 6) is 0.203. The van der Waals surface area contributed by atoms with Gasteiger partial charge in [0.15, 0.2) is 0 Å². The summed E-state index contributed by atoms with van der Waals surface area (Å²) in [5, 5.41) is 3.53. The molecule has 1 aromatic carbocycles. The minimum absolute atomic E-state index is 0.203. The van der Waals surface area contributed by atoms with Crippen molar-refractivity contribution in [1.82, 2.24) is 4.90 Å². The molecule has 1 amide bonds. The van der Waals surface area contributed by atoms with Crippen molar-refractivity contribution in [3.8, 4) is 0 Å². The zero-order valence-electron chi connectivity index (χ0n) is 14.5. The maximum atomic E-state index is 12.8. The maximum Gasteiger partial charge on any atom is 0.264 e. The third kappa shape index (κ3) is 3.81. The molecule has 3 rings (SSSR count). The fourth-order valence-corrected chi connectivity index (χ4v) is 4.62. The molecule has 128 valence electrons. The maximum absolute atomic E-state index is 12.8. The summed E-state index contributed by atoms with van der Waals surface area (Å²) in [6.45, 7) is 5.99. The van der Waals surface area contributed by atoms with E-state index in [0.717, 1.165) is 49.3 Å². The molecule has 0 saturated carbocycles. The average Bonchev–Trinajstić information content (AvgIpc) is 3.22. The number of rotatable bonds is 6. The molecule has 1 aliphatic heterocycles. The zero-order valence-corrected chi connectivity index (χ0v) is 15.4. The van der Waals surface area contributed by atoms with Crippen molar-refractivity contribution in [3.05, 3.63) is 51.7 Å². The summed E-state index contributed by atoms with van der Waals surface area (Å²) in [4.78, 5) is 17.1. The van der Waals surface area contributed by atoms with Crippen LogP contribution in [0, 0.1) is 0 Å². The first-order valence-electron chi connectivity index (χ1n) is 8.93. The third-order valence-corrected chi connectivity index (χ3v) is 5.81. The number of aryl methyl sites for hydroxylation is 2.